The van der Waals surface area contributed by atoms with E-state index in [1.54, 1.807) is 0 Å². The second-order valence-corrected chi connectivity index (χ2v) is 2.01. The molecule has 2 heteroatoms. The molecule has 0 heterocycles. The molecule has 2 aliphatic rings. The molecule has 0 spiro atoms. The maximum Gasteiger partial charge on any atom is 3.00 e. The van der Waals surface area contributed by atoms with Gasteiger partial charge in [-0.05, 0) is 0 Å². The van der Waals surface area contributed by atoms with Gasteiger partial charge in [-0.3, -0.25) is 12.2 Å². The van der Waals surface area contributed by atoms with Crippen molar-refractivity contribution in [1.82, 2.24) is 0 Å². The van der Waals surface area contributed by atoms with Crippen LogP contribution in [0.5, 0.6) is 0 Å². The molecule has 0 N–H and O–H groups in total. The van der Waals surface area contributed by atoms with Gasteiger partial charge in [0.15, 0.2) is 0 Å². The molecule has 2 rings (SSSR count). The maximum atomic E-state index is 2.99. The monoisotopic (exact) mass is 255 g/mol. The van der Waals surface area contributed by atoms with Crippen molar-refractivity contribution in [3.8, 4) is 0 Å². The second kappa shape index (κ2) is 11.1. The van der Waals surface area contributed by atoms with Crippen LogP contribution in [0.1, 0.15) is 12.8 Å². The Hall–Kier alpha value is 0.133. The molecular weight excluding hydrogens is 247 g/mol. The van der Waals surface area contributed by atoms with E-state index in [2.05, 4.69) is 24.3 Å². The Morgan fingerprint density at radius 2 is 1.25 bits per heavy atom. The number of hydrogen-bond donors (Lipinski definition) is 0. The fourth-order valence-corrected chi connectivity index (χ4v) is 0.680. The molecule has 0 fully saturated rings. The summed E-state index contributed by atoms with van der Waals surface area (Å²) in [6.07, 6.45) is 20.0. The van der Waals surface area contributed by atoms with Crippen molar-refractivity contribution in [1.29, 1.82) is 0 Å². The molecule has 0 nitrogen and oxygen atoms in total. The Morgan fingerprint density at radius 3 is 1.33 bits per heavy atom. The van der Waals surface area contributed by atoms with Gasteiger partial charge in [-0.1, -0.05) is 0 Å². The van der Waals surface area contributed by atoms with Crippen molar-refractivity contribution in [3.05, 3.63) is 48.6 Å². The average molecular weight is 257 g/mol. The quantitative estimate of drug-likeness (QED) is 0.518. The summed E-state index contributed by atoms with van der Waals surface area (Å²) in [6.45, 7) is 0. The van der Waals surface area contributed by atoms with Crippen LogP contribution in [0.15, 0.2) is 36.5 Å². The van der Waals surface area contributed by atoms with Gasteiger partial charge in [-0.25, -0.2) is 24.3 Å². The van der Waals surface area contributed by atoms with E-state index in [9.17, 15) is 0 Å². The molecule has 0 amide bonds. The summed E-state index contributed by atoms with van der Waals surface area (Å²) in [5, 5.41) is 0. The van der Waals surface area contributed by atoms with Gasteiger partial charge in [-0.15, -0.1) is 12.8 Å². The minimum Gasteiger partial charge on any atom is -1.00 e. The molecule has 0 aromatic carbocycles. The van der Waals surface area contributed by atoms with Crippen LogP contribution in [0.25, 0.3) is 0 Å². The second-order valence-electron chi connectivity index (χ2n) is 2.01. The van der Waals surface area contributed by atoms with Crippen LogP contribution in [-0.4, -0.2) is 0 Å². The molecule has 0 aromatic rings. The van der Waals surface area contributed by atoms with Crippen LogP contribution in [0.3, 0.4) is 0 Å². The van der Waals surface area contributed by atoms with Gasteiger partial charge in [0.25, 0.3) is 0 Å². The van der Waals surface area contributed by atoms with Crippen molar-refractivity contribution in [2.24, 2.45) is 0 Å². The minimum absolute atomic E-state index is 0. The van der Waals surface area contributed by atoms with E-state index in [4.69, 9.17) is 0 Å². The molecule has 12 heavy (non-hydrogen) atoms. The van der Waals surface area contributed by atoms with Gasteiger partial charge in [0.2, 0.25) is 0 Å². The summed E-state index contributed by atoms with van der Waals surface area (Å²) in [5.41, 5.74) is 0. The zero-order chi connectivity index (χ0) is 7.07. The molecule has 0 aromatic heterocycles. The zero-order valence-electron chi connectivity index (χ0n) is 6.76. The van der Waals surface area contributed by atoms with Crippen LogP contribution >= 0.6 is 0 Å². The van der Waals surface area contributed by atoms with Crippen molar-refractivity contribution < 1.29 is 38.6 Å². The smallest absolute Gasteiger partial charge is 1.00 e. The topological polar surface area (TPSA) is 0 Å². The normalized spacial score (nSPS) is 14.7. The van der Waals surface area contributed by atoms with E-state index >= 15 is 0 Å². The Bertz CT molecular complexity index is 148. The fourth-order valence-electron chi connectivity index (χ4n) is 0.680. The van der Waals surface area contributed by atoms with Crippen molar-refractivity contribution >= 4 is 0 Å². The first-order chi connectivity index (χ1) is 5.00. The number of halogens is 1. The Morgan fingerprint density at radius 1 is 0.833 bits per heavy atom. The third-order valence-electron chi connectivity index (χ3n) is 1.17. The summed E-state index contributed by atoms with van der Waals surface area (Å²) >= 11 is 0. The largest absolute Gasteiger partial charge is 3.00 e. The molecule has 0 saturated carbocycles. The van der Waals surface area contributed by atoms with E-state index in [1.807, 2.05) is 24.3 Å². The molecule has 0 atom stereocenters. The SMILES string of the molecule is [C-]1=CC=CC1.[C-]1=CC=CC1.[Cl-].[Zr+3]. The van der Waals surface area contributed by atoms with Gasteiger partial charge in [0, 0.05) is 0 Å². The summed E-state index contributed by atoms with van der Waals surface area (Å²) in [4.78, 5) is 0. The Labute approximate surface area is 99.7 Å². The van der Waals surface area contributed by atoms with Crippen LogP contribution < -0.4 is 12.4 Å². The van der Waals surface area contributed by atoms with E-state index in [1.165, 1.54) is 0 Å². The Kier molecular flexibility index (Phi) is 13.6. The standard InChI is InChI=1S/2C5H5.ClH.Zr/c2*1-2-4-5-3-1;;/h2*1-3H,4H2;1H;/q2*-1;;+3/p-1. The molecule has 0 saturated heterocycles. The predicted octanol–water partition coefficient (Wildman–Crippen LogP) is -0.387. The van der Waals surface area contributed by atoms with Gasteiger partial charge in [0.1, 0.15) is 0 Å². The summed E-state index contributed by atoms with van der Waals surface area (Å²) in [7, 11) is 0. The maximum absolute atomic E-state index is 2.99. The average Bonchev–Trinajstić information content (AvgIpc) is 2.67. The van der Waals surface area contributed by atoms with Gasteiger partial charge < -0.3 is 12.4 Å². The van der Waals surface area contributed by atoms with Gasteiger partial charge in [-0.2, -0.15) is 12.2 Å². The van der Waals surface area contributed by atoms with Crippen molar-refractivity contribution in [3.63, 3.8) is 0 Å². The van der Waals surface area contributed by atoms with E-state index in [0.717, 1.165) is 12.8 Å². The van der Waals surface area contributed by atoms with Crippen LogP contribution in [0.4, 0.5) is 0 Å². The third-order valence-corrected chi connectivity index (χ3v) is 1.17. The minimum atomic E-state index is 0. The summed E-state index contributed by atoms with van der Waals surface area (Å²) in [5.74, 6) is 0. The van der Waals surface area contributed by atoms with Gasteiger partial charge in [0.05, 0.1) is 0 Å². The number of rotatable bonds is 0. The first kappa shape index (κ1) is 14.6. The van der Waals surface area contributed by atoms with Crippen molar-refractivity contribution in [2.75, 3.05) is 0 Å². The summed E-state index contributed by atoms with van der Waals surface area (Å²) < 4.78 is 0. The van der Waals surface area contributed by atoms with Crippen molar-refractivity contribution in [2.45, 2.75) is 12.8 Å². The third kappa shape index (κ3) is 8.23. The molecule has 0 unspecified atom stereocenters. The molecule has 61 valence electrons. The van der Waals surface area contributed by atoms with E-state index in [-0.39, 0.29) is 38.6 Å². The fraction of sp³-hybridized carbons (Fsp3) is 0.200. The molecule has 1 radical (unpaired) electrons. The first-order valence-corrected chi connectivity index (χ1v) is 3.43. The molecule has 0 bridgehead atoms. The van der Waals surface area contributed by atoms with Crippen LogP contribution in [-0.2, 0) is 26.2 Å². The molecule has 0 aliphatic heterocycles. The van der Waals surface area contributed by atoms with E-state index < -0.39 is 0 Å². The van der Waals surface area contributed by atoms with Crippen LogP contribution in [0.2, 0.25) is 0 Å². The van der Waals surface area contributed by atoms with E-state index in [0.29, 0.717) is 0 Å². The Balaban J connectivity index is 0. The molecule has 2 aliphatic carbocycles. The number of hydrogen-bond acceptors (Lipinski definition) is 0. The first-order valence-electron chi connectivity index (χ1n) is 3.43. The summed E-state index contributed by atoms with van der Waals surface area (Å²) in [6, 6.07) is 0. The predicted molar refractivity (Wildman–Crippen MR) is 43.1 cm³/mol. The van der Waals surface area contributed by atoms with Gasteiger partial charge >= 0.3 is 26.2 Å². The number of allylic oxidation sites excluding steroid dienone is 8. The zero-order valence-corrected chi connectivity index (χ0v) is 9.97. The van der Waals surface area contributed by atoms with Crippen LogP contribution in [0, 0.1) is 12.2 Å². The molecular formula is C10H10ClZr.